The molecule has 0 radical (unpaired) electrons. The molecule has 1 unspecified atom stereocenters. The van der Waals surface area contributed by atoms with E-state index >= 15 is 0 Å². The molecule has 0 saturated heterocycles. The van der Waals surface area contributed by atoms with Crippen LogP contribution in [0.4, 0.5) is 5.69 Å². The maximum atomic E-state index is 13.1. The molecule has 5 rings (SSSR count). The van der Waals surface area contributed by atoms with Crippen LogP contribution in [0.2, 0.25) is 5.02 Å². The zero-order valence-corrected chi connectivity index (χ0v) is 22.4. The molecule has 2 heterocycles. The molecule has 2 aliphatic rings. The lowest BCUT2D eigenvalue weighted by atomic mass is 9.80. The van der Waals surface area contributed by atoms with E-state index < -0.39 is 13.2 Å². The maximum Gasteiger partial charge on any atom is 0.488 e. The first-order chi connectivity index (χ1) is 18.8. The number of nitrogens with zero attached hydrogens (tertiary/aromatic N) is 3. The van der Waals surface area contributed by atoms with E-state index in [4.69, 9.17) is 21.3 Å². The Balaban J connectivity index is 1.41. The second-order valence-corrected chi connectivity index (χ2v) is 9.88. The molecule has 0 aromatic heterocycles. The number of carbonyl (C=O) groups is 1. The number of amides is 1. The minimum atomic E-state index is -1.50. The van der Waals surface area contributed by atoms with Crippen molar-refractivity contribution in [2.75, 3.05) is 18.6 Å². The number of hydrogen-bond donors (Lipinski definition) is 4. The molecule has 0 aliphatic carbocycles. The minimum absolute atomic E-state index is 0.113. The van der Waals surface area contributed by atoms with E-state index in [1.165, 1.54) is 0 Å². The summed E-state index contributed by atoms with van der Waals surface area (Å²) in [5.74, 6) is 1.23. The summed E-state index contributed by atoms with van der Waals surface area (Å²) < 4.78 is 5.52. The van der Waals surface area contributed by atoms with E-state index in [1.807, 2.05) is 61.5 Å². The number of ether oxygens (including phenoxy) is 1. The summed E-state index contributed by atoms with van der Waals surface area (Å²) in [5.41, 5.74) is 7.93. The van der Waals surface area contributed by atoms with Crippen molar-refractivity contribution in [3.8, 4) is 5.75 Å². The first-order valence-corrected chi connectivity index (χ1v) is 13.1. The van der Waals surface area contributed by atoms with Crippen LogP contribution in [0, 0.1) is 0 Å². The van der Waals surface area contributed by atoms with E-state index in [2.05, 4.69) is 20.7 Å². The normalized spacial score (nSPS) is 17.7. The summed E-state index contributed by atoms with van der Waals surface area (Å²) in [6.45, 7) is 2.44. The van der Waals surface area contributed by atoms with Crippen LogP contribution < -0.4 is 25.8 Å². The number of anilines is 1. The van der Waals surface area contributed by atoms with Crippen LogP contribution in [-0.4, -0.2) is 60.5 Å². The highest BCUT2D eigenvalue weighted by atomic mass is 35.5. The summed E-state index contributed by atoms with van der Waals surface area (Å²) in [4.78, 5) is 20.3. The predicted octanol–water partition coefficient (Wildman–Crippen LogP) is 2.07. The van der Waals surface area contributed by atoms with Crippen LogP contribution in [0.1, 0.15) is 30.0 Å². The second-order valence-electron chi connectivity index (χ2n) is 9.45. The van der Waals surface area contributed by atoms with Gasteiger partial charge in [-0.1, -0.05) is 48.0 Å². The number of rotatable bonds is 8. The third kappa shape index (κ3) is 5.78. The topological polar surface area (TPSA) is 119 Å². The maximum absolute atomic E-state index is 13.1. The van der Waals surface area contributed by atoms with Gasteiger partial charge in [0.2, 0.25) is 5.91 Å². The molecular weight excluding hydrogens is 517 g/mol. The van der Waals surface area contributed by atoms with Crippen LogP contribution in [0.5, 0.6) is 5.75 Å². The van der Waals surface area contributed by atoms with Gasteiger partial charge >= 0.3 is 7.12 Å². The van der Waals surface area contributed by atoms with Crippen molar-refractivity contribution in [1.82, 2.24) is 10.7 Å². The monoisotopic (exact) mass is 545 g/mol. The average molecular weight is 546 g/mol. The first-order valence-electron chi connectivity index (χ1n) is 12.7. The van der Waals surface area contributed by atoms with Crippen molar-refractivity contribution >= 4 is 47.3 Å². The summed E-state index contributed by atoms with van der Waals surface area (Å²) in [6, 6.07) is 19.8. The summed E-state index contributed by atoms with van der Waals surface area (Å²) in [5, 5.41) is 26.7. The van der Waals surface area contributed by atoms with Gasteiger partial charge in [0.25, 0.3) is 0 Å². The van der Waals surface area contributed by atoms with Crippen LogP contribution in [0.25, 0.3) is 0 Å². The highest BCUT2D eigenvalue weighted by Gasteiger charge is 2.37. The van der Waals surface area contributed by atoms with E-state index in [9.17, 15) is 14.8 Å². The van der Waals surface area contributed by atoms with Gasteiger partial charge in [-0.15, -0.1) is 0 Å². The Morgan fingerprint density at radius 2 is 1.87 bits per heavy atom. The average Bonchev–Trinajstić information content (AvgIpc) is 3.26. The minimum Gasteiger partial charge on any atom is -0.497 e. The highest BCUT2D eigenvalue weighted by Crippen LogP contribution is 2.35. The molecule has 2 atom stereocenters. The van der Waals surface area contributed by atoms with Crippen molar-refractivity contribution in [3.05, 3.63) is 88.4 Å². The Morgan fingerprint density at radius 3 is 2.56 bits per heavy atom. The smallest absolute Gasteiger partial charge is 0.488 e. The SMILES string of the molecule is COc1ccc2c(c1)C(c1ccc(Cl)cc1)=N[C@@H](CC(=O)NCCc1ccc(B(O)O)cc1)C1=NNC(C)N12. The highest BCUT2D eigenvalue weighted by molar-refractivity contribution is 6.58. The number of fused-ring (bicyclic) bond motifs is 3. The van der Waals surface area contributed by atoms with Crippen molar-refractivity contribution in [2.24, 2.45) is 10.1 Å². The Morgan fingerprint density at radius 1 is 1.13 bits per heavy atom. The number of benzene rings is 3. The largest absolute Gasteiger partial charge is 0.497 e. The lowest BCUT2D eigenvalue weighted by molar-refractivity contribution is -0.121. The van der Waals surface area contributed by atoms with Gasteiger partial charge in [0.1, 0.15) is 18.0 Å². The van der Waals surface area contributed by atoms with Gasteiger partial charge in [-0.3, -0.25) is 15.2 Å². The molecule has 1 amide bonds. The van der Waals surface area contributed by atoms with E-state index in [-0.39, 0.29) is 18.5 Å². The fourth-order valence-electron chi connectivity index (χ4n) is 4.79. The van der Waals surface area contributed by atoms with Gasteiger partial charge in [0.05, 0.1) is 24.9 Å². The number of aliphatic imine (C=N–C) groups is 1. The Labute approximate surface area is 232 Å². The van der Waals surface area contributed by atoms with Gasteiger partial charge in [-0.25, -0.2) is 0 Å². The molecule has 0 bridgehead atoms. The predicted molar refractivity (Wildman–Crippen MR) is 154 cm³/mol. The number of carbonyl (C=O) groups excluding carboxylic acids is 1. The number of halogens is 1. The van der Waals surface area contributed by atoms with Gasteiger partial charge in [-0.05, 0) is 54.7 Å². The summed E-state index contributed by atoms with van der Waals surface area (Å²) in [7, 11) is 0.126. The molecule has 4 N–H and O–H groups in total. The van der Waals surface area contributed by atoms with E-state index in [1.54, 1.807) is 19.2 Å². The number of nitrogens with one attached hydrogen (secondary N) is 2. The zero-order chi connectivity index (χ0) is 27.5. The number of hydrogen-bond acceptors (Lipinski definition) is 8. The molecule has 3 aromatic rings. The molecule has 11 heteroatoms. The van der Waals surface area contributed by atoms with Gasteiger partial charge < -0.3 is 25.0 Å². The quantitative estimate of drug-likeness (QED) is 0.322. The van der Waals surface area contributed by atoms with Gasteiger partial charge in [-0.2, -0.15) is 5.10 Å². The Kier molecular flexibility index (Phi) is 7.88. The number of hydrazone groups is 1. The van der Waals surface area contributed by atoms with Crippen LogP contribution >= 0.6 is 11.6 Å². The van der Waals surface area contributed by atoms with Crippen LogP contribution in [-0.2, 0) is 11.2 Å². The molecule has 39 heavy (non-hydrogen) atoms. The van der Waals surface area contributed by atoms with Gasteiger partial charge in [0.15, 0.2) is 5.84 Å². The number of methoxy groups -OCH3 is 1. The lowest BCUT2D eigenvalue weighted by Gasteiger charge is -2.27. The molecule has 9 nitrogen and oxygen atoms in total. The summed E-state index contributed by atoms with van der Waals surface area (Å²) in [6.07, 6.45) is 0.591. The van der Waals surface area contributed by atoms with Crippen molar-refractivity contribution in [3.63, 3.8) is 0 Å². The van der Waals surface area contributed by atoms with E-state index in [0.29, 0.717) is 35.0 Å². The van der Waals surface area contributed by atoms with Crippen molar-refractivity contribution in [1.29, 1.82) is 0 Å². The Hall–Kier alpha value is -3.86. The molecule has 0 spiro atoms. The van der Waals surface area contributed by atoms with Crippen LogP contribution in [0.3, 0.4) is 0 Å². The first kappa shape index (κ1) is 26.7. The third-order valence-corrected chi connectivity index (χ3v) is 7.06. The second kappa shape index (κ2) is 11.5. The molecule has 3 aromatic carbocycles. The lowest BCUT2D eigenvalue weighted by Crippen LogP contribution is -2.43. The molecule has 200 valence electrons. The summed E-state index contributed by atoms with van der Waals surface area (Å²) >= 11 is 6.17. The molecule has 2 aliphatic heterocycles. The van der Waals surface area contributed by atoms with E-state index in [0.717, 1.165) is 28.1 Å². The fraction of sp³-hybridized carbons (Fsp3) is 0.250. The molecule has 0 saturated carbocycles. The van der Waals surface area contributed by atoms with Gasteiger partial charge in [0, 0.05) is 22.7 Å². The standard InChI is InChI=1S/C28H29BClN5O4/c1-17-33-34-28-24(16-26(36)31-14-13-18-3-7-20(8-4-18)29(37)38)32-27(19-5-9-21(30)10-6-19)23-15-22(39-2)11-12-25(23)35(17)28/h3-12,15,17,24,33,37-38H,13-14,16H2,1-2H3,(H,31,36)/t17?,24-/m0/s1. The van der Waals surface area contributed by atoms with Crippen LogP contribution in [0.15, 0.2) is 76.8 Å². The molecule has 0 fully saturated rings. The third-order valence-electron chi connectivity index (χ3n) is 6.81. The number of amidine groups is 1. The molecular formula is C28H29BClN5O4. The van der Waals surface area contributed by atoms with Crippen molar-refractivity contribution in [2.45, 2.75) is 32.0 Å². The fourth-order valence-corrected chi connectivity index (χ4v) is 4.91. The Bertz CT molecular complexity index is 1410. The van der Waals surface area contributed by atoms with Crippen molar-refractivity contribution < 1.29 is 19.6 Å². The zero-order valence-electron chi connectivity index (χ0n) is 21.6.